The molecule has 2 aromatic carbocycles. The summed E-state index contributed by atoms with van der Waals surface area (Å²) in [6.45, 7) is -0.0489. The Balaban J connectivity index is 1.53. The summed E-state index contributed by atoms with van der Waals surface area (Å²) in [5.41, 5.74) is 8.93. The van der Waals surface area contributed by atoms with Crippen molar-refractivity contribution in [2.75, 3.05) is 0 Å². The number of allylic oxidation sites excluding steroid dienone is 1. The number of para-hydroxylation sites is 1. The molecule has 30 heavy (non-hydrogen) atoms. The maximum atomic E-state index is 9.62. The lowest BCUT2D eigenvalue weighted by Crippen LogP contribution is -1.98. The van der Waals surface area contributed by atoms with Crippen LogP contribution in [-0.4, -0.2) is 30.3 Å². The van der Waals surface area contributed by atoms with E-state index >= 15 is 0 Å². The Morgan fingerprint density at radius 1 is 1.07 bits per heavy atom. The van der Waals surface area contributed by atoms with Crippen molar-refractivity contribution in [2.24, 2.45) is 0 Å². The fraction of sp³-hybridized carbons (Fsp3) is 0.125. The maximum Gasteiger partial charge on any atom is 0.159 e. The molecule has 0 radical (unpaired) electrons. The van der Waals surface area contributed by atoms with E-state index in [0.717, 1.165) is 57.2 Å². The molecule has 6 rings (SSSR count). The van der Waals surface area contributed by atoms with Crippen LogP contribution in [0.4, 0.5) is 0 Å². The highest BCUT2D eigenvalue weighted by atomic mass is 16.3. The third-order valence-corrected chi connectivity index (χ3v) is 5.80. The van der Waals surface area contributed by atoms with Gasteiger partial charge in [-0.1, -0.05) is 30.4 Å². The number of aryl methyl sites for hydroxylation is 1. The fourth-order valence-electron chi connectivity index (χ4n) is 4.27. The smallest absolute Gasteiger partial charge is 0.159 e. The summed E-state index contributed by atoms with van der Waals surface area (Å²) in [6.07, 6.45) is 10.4. The first-order valence-electron chi connectivity index (χ1n) is 10.0. The molecule has 0 bridgehead atoms. The molecule has 5 aromatic rings. The van der Waals surface area contributed by atoms with Crippen LogP contribution in [0.2, 0.25) is 0 Å². The van der Waals surface area contributed by atoms with Gasteiger partial charge in [0.2, 0.25) is 0 Å². The highest BCUT2D eigenvalue weighted by molar-refractivity contribution is 5.96. The minimum absolute atomic E-state index is 0.0489. The van der Waals surface area contributed by atoms with Crippen LogP contribution in [0.25, 0.3) is 50.7 Å². The van der Waals surface area contributed by atoms with Crippen molar-refractivity contribution in [2.45, 2.75) is 19.4 Å². The maximum absolute atomic E-state index is 9.62. The Bertz CT molecular complexity index is 1440. The number of imidazole rings is 1. The molecule has 0 spiro atoms. The monoisotopic (exact) mass is 393 g/mol. The Kier molecular flexibility index (Phi) is 3.79. The van der Waals surface area contributed by atoms with E-state index in [2.05, 4.69) is 50.5 Å². The molecule has 6 heteroatoms. The first-order chi connectivity index (χ1) is 14.8. The summed E-state index contributed by atoms with van der Waals surface area (Å²) in [5.74, 6) is 0.683. The van der Waals surface area contributed by atoms with E-state index < -0.39 is 0 Å². The van der Waals surface area contributed by atoms with Crippen LogP contribution in [0.1, 0.15) is 23.1 Å². The van der Waals surface area contributed by atoms with Gasteiger partial charge in [-0.15, -0.1) is 0 Å². The molecule has 0 fully saturated rings. The van der Waals surface area contributed by atoms with Gasteiger partial charge in [0.1, 0.15) is 5.69 Å². The number of H-pyrrole nitrogens is 2. The minimum atomic E-state index is -0.0489. The van der Waals surface area contributed by atoms with Crippen molar-refractivity contribution < 1.29 is 5.11 Å². The lowest BCUT2D eigenvalue weighted by atomic mass is 9.92. The van der Waals surface area contributed by atoms with Crippen molar-refractivity contribution in [3.8, 4) is 22.6 Å². The molecule has 146 valence electrons. The van der Waals surface area contributed by atoms with Gasteiger partial charge in [-0.25, -0.2) is 4.98 Å². The topological polar surface area (TPSA) is 90.5 Å². The molecule has 0 unspecified atom stereocenters. The Morgan fingerprint density at radius 3 is 2.97 bits per heavy atom. The quantitative estimate of drug-likeness (QED) is 0.417. The minimum Gasteiger partial charge on any atom is -0.392 e. The van der Waals surface area contributed by atoms with Crippen molar-refractivity contribution in [1.82, 2.24) is 25.1 Å². The van der Waals surface area contributed by atoms with Gasteiger partial charge in [-0.2, -0.15) is 5.10 Å². The van der Waals surface area contributed by atoms with E-state index in [0.29, 0.717) is 5.82 Å². The van der Waals surface area contributed by atoms with Gasteiger partial charge in [-0.05, 0) is 47.7 Å². The number of nitrogens with one attached hydrogen (secondary N) is 2. The number of benzene rings is 2. The summed E-state index contributed by atoms with van der Waals surface area (Å²) >= 11 is 0. The fourth-order valence-corrected chi connectivity index (χ4v) is 4.27. The van der Waals surface area contributed by atoms with Crippen LogP contribution >= 0.6 is 0 Å². The number of aliphatic hydroxyl groups excluding tert-OH is 1. The molecule has 3 heterocycles. The van der Waals surface area contributed by atoms with Gasteiger partial charge in [-0.3, -0.25) is 10.1 Å². The van der Waals surface area contributed by atoms with Crippen molar-refractivity contribution in [1.29, 1.82) is 0 Å². The summed E-state index contributed by atoms with van der Waals surface area (Å²) < 4.78 is 0. The van der Waals surface area contributed by atoms with Crippen molar-refractivity contribution >= 4 is 28.0 Å². The average molecular weight is 393 g/mol. The molecule has 6 nitrogen and oxygen atoms in total. The second-order valence-electron chi connectivity index (χ2n) is 7.59. The van der Waals surface area contributed by atoms with Crippen LogP contribution in [-0.2, 0) is 13.0 Å². The molecular weight excluding hydrogens is 374 g/mol. The van der Waals surface area contributed by atoms with E-state index in [1.54, 1.807) is 0 Å². The molecule has 1 aliphatic rings. The molecular formula is C24H19N5O. The molecule has 1 aliphatic carbocycles. The third-order valence-electron chi connectivity index (χ3n) is 5.80. The number of pyridine rings is 1. The average Bonchev–Trinajstić information content (AvgIpc) is 3.42. The first kappa shape index (κ1) is 17.1. The van der Waals surface area contributed by atoms with Gasteiger partial charge < -0.3 is 10.1 Å². The molecule has 3 aromatic heterocycles. The van der Waals surface area contributed by atoms with Gasteiger partial charge in [0.05, 0.1) is 23.2 Å². The highest BCUT2D eigenvalue weighted by Gasteiger charge is 2.16. The van der Waals surface area contributed by atoms with Crippen molar-refractivity contribution in [3.05, 3.63) is 71.6 Å². The predicted octanol–water partition coefficient (Wildman–Crippen LogP) is 4.62. The standard InChI is InChI=1S/C24H19N5O/c30-13-16-5-3-7-21-22(16)27-24(26-21)23-18-10-14(8-9-20(18)28-29-23)19-12-25-11-15-4-1-2-6-17(15)19/h2-3,5-12,30H,1,4,13H2,(H,26,27)(H,28,29). The lowest BCUT2D eigenvalue weighted by molar-refractivity contribution is 0.283. The zero-order chi connectivity index (χ0) is 20.1. The number of aromatic nitrogens is 5. The van der Waals surface area contributed by atoms with Crippen molar-refractivity contribution in [3.63, 3.8) is 0 Å². The number of nitrogens with zero attached hydrogens (tertiary/aromatic N) is 3. The molecule has 0 saturated carbocycles. The number of aliphatic hydroxyl groups is 1. The SMILES string of the molecule is OCc1cccc2[nH]c(-c3n[nH]c4ccc(-c5cncc6c5C=CCC6)cc34)nc12. The summed E-state index contributed by atoms with van der Waals surface area (Å²) in [5, 5.41) is 18.3. The Morgan fingerprint density at radius 2 is 2.03 bits per heavy atom. The number of fused-ring (bicyclic) bond motifs is 3. The molecule has 0 saturated heterocycles. The van der Waals surface area contributed by atoms with Crippen LogP contribution in [0.5, 0.6) is 0 Å². The van der Waals surface area contributed by atoms with Gasteiger partial charge in [0.15, 0.2) is 5.82 Å². The Hall–Kier alpha value is -3.77. The van der Waals surface area contributed by atoms with Gasteiger partial charge in [0.25, 0.3) is 0 Å². The summed E-state index contributed by atoms with van der Waals surface area (Å²) in [4.78, 5) is 12.5. The van der Waals surface area contributed by atoms with E-state index in [1.807, 2.05) is 30.6 Å². The third kappa shape index (κ3) is 2.58. The zero-order valence-corrected chi connectivity index (χ0v) is 16.2. The van der Waals surface area contributed by atoms with Gasteiger partial charge in [0, 0.05) is 28.9 Å². The number of rotatable bonds is 3. The highest BCUT2D eigenvalue weighted by Crippen LogP contribution is 2.34. The van der Waals surface area contributed by atoms with Crippen LogP contribution in [0, 0.1) is 0 Å². The van der Waals surface area contributed by atoms with Crippen LogP contribution in [0.15, 0.2) is 54.9 Å². The summed E-state index contributed by atoms with van der Waals surface area (Å²) in [7, 11) is 0. The normalized spacial score (nSPS) is 13.2. The van der Waals surface area contributed by atoms with Crippen LogP contribution in [0.3, 0.4) is 0 Å². The zero-order valence-electron chi connectivity index (χ0n) is 16.2. The van der Waals surface area contributed by atoms with E-state index in [9.17, 15) is 5.11 Å². The number of aromatic amines is 2. The predicted molar refractivity (Wildman–Crippen MR) is 118 cm³/mol. The van der Waals surface area contributed by atoms with E-state index in [-0.39, 0.29) is 6.61 Å². The molecule has 3 N–H and O–H groups in total. The largest absolute Gasteiger partial charge is 0.392 e. The molecule has 0 atom stereocenters. The van der Waals surface area contributed by atoms with Gasteiger partial charge >= 0.3 is 0 Å². The second-order valence-corrected chi connectivity index (χ2v) is 7.59. The lowest BCUT2D eigenvalue weighted by Gasteiger charge is -2.14. The van der Waals surface area contributed by atoms with E-state index in [4.69, 9.17) is 4.98 Å². The number of hydrogen-bond acceptors (Lipinski definition) is 4. The van der Waals surface area contributed by atoms with Crippen LogP contribution < -0.4 is 0 Å². The molecule has 0 amide bonds. The molecule has 0 aliphatic heterocycles. The Labute approximate surface area is 172 Å². The number of hydrogen-bond donors (Lipinski definition) is 3. The van der Waals surface area contributed by atoms with E-state index in [1.165, 1.54) is 11.1 Å². The summed E-state index contributed by atoms with van der Waals surface area (Å²) in [6, 6.07) is 12.1. The second kappa shape index (κ2) is 6.64. The first-order valence-corrected chi connectivity index (χ1v) is 10.0.